The summed E-state index contributed by atoms with van der Waals surface area (Å²) in [7, 11) is 0. The van der Waals surface area contributed by atoms with Gasteiger partial charge in [0.25, 0.3) is 0 Å². The third-order valence-corrected chi connectivity index (χ3v) is 2.83. The van der Waals surface area contributed by atoms with Gasteiger partial charge in [-0.1, -0.05) is 0 Å². The average Bonchev–Trinajstić information content (AvgIpc) is 2.60. The van der Waals surface area contributed by atoms with Crippen LogP contribution in [0.3, 0.4) is 0 Å². The second-order valence-electron chi connectivity index (χ2n) is 2.00. The quantitative estimate of drug-likeness (QED) is 0.523. The Morgan fingerprint density at radius 1 is 0.923 bits per heavy atom. The van der Waals surface area contributed by atoms with Crippen molar-refractivity contribution >= 4 is 8.26 Å². The fraction of sp³-hybridized carbons (Fsp3) is 0. The number of imidazole rings is 2. The first-order chi connectivity index (χ1) is 5.45. The maximum atomic E-state index is 4.13. The van der Waals surface area contributed by atoms with Gasteiger partial charge in [-0.2, -0.15) is 0 Å². The zero-order valence-corrected chi connectivity index (χ0v) is 9.53. The Labute approximate surface area is 96.7 Å². The van der Waals surface area contributed by atoms with Crippen LogP contribution in [0, 0.1) is 0 Å². The summed E-state index contributed by atoms with van der Waals surface area (Å²) in [5.41, 5.74) is 0. The van der Waals surface area contributed by atoms with E-state index in [2.05, 4.69) is 19.9 Å². The molecule has 2 aromatic heterocycles. The summed E-state index contributed by atoms with van der Waals surface area (Å²) >= 11 is -0.361. The number of aromatic nitrogens is 4. The summed E-state index contributed by atoms with van der Waals surface area (Å²) in [6.07, 6.45) is 7.20. The van der Waals surface area contributed by atoms with E-state index in [1.165, 1.54) is 0 Å². The van der Waals surface area contributed by atoms with Crippen LogP contribution in [-0.4, -0.2) is 19.9 Å². The molecule has 0 aliphatic heterocycles. The van der Waals surface area contributed by atoms with Crippen LogP contribution in [0.1, 0.15) is 0 Å². The van der Waals surface area contributed by atoms with Crippen molar-refractivity contribution in [3.63, 3.8) is 0 Å². The van der Waals surface area contributed by atoms with Crippen LogP contribution in [0.15, 0.2) is 24.8 Å². The van der Waals surface area contributed by atoms with Crippen molar-refractivity contribution in [3.05, 3.63) is 24.8 Å². The molecule has 0 atom stereocenters. The topological polar surface area (TPSA) is 57.4 Å². The molecular weight excluding hydrogens is 247 g/mol. The van der Waals surface area contributed by atoms with Gasteiger partial charge in [-0.3, -0.25) is 0 Å². The molecule has 0 amide bonds. The molecule has 0 unspecified atom stereocenters. The molecule has 2 aromatic rings. The molecule has 0 fully saturated rings. The molecule has 2 rings (SSSR count). The van der Waals surface area contributed by atoms with Crippen molar-refractivity contribution in [2.45, 2.75) is 0 Å². The predicted molar refractivity (Wildman–Crippen MR) is 36.4 cm³/mol. The molecule has 68 valence electrons. The van der Waals surface area contributed by atoms with E-state index in [0.29, 0.717) is 0 Å². The van der Waals surface area contributed by atoms with Crippen LogP contribution in [-0.2, 0) is 19.2 Å². The summed E-state index contributed by atoms with van der Waals surface area (Å²) < 4.78 is 2.11. The van der Waals surface area contributed by atoms with Crippen molar-refractivity contribution in [1.29, 1.82) is 0 Å². The number of nitrogens with zero attached hydrogens (tertiary/aromatic N) is 2. The molecule has 2 heterocycles. The average molecular weight is 253 g/mol. The number of hydrogen-bond acceptors (Lipinski definition) is 2. The number of hydrogen-bond donors (Lipinski definition) is 2. The Bertz CT molecular complexity index is 275. The van der Waals surface area contributed by atoms with Gasteiger partial charge < -0.3 is 24.8 Å². The molecular formula is C6H6Cl2N4Ti. The van der Waals surface area contributed by atoms with Gasteiger partial charge in [0.2, 0.25) is 0 Å². The molecule has 4 nitrogen and oxygen atoms in total. The number of nitrogens with one attached hydrogen (secondary N) is 2. The van der Waals surface area contributed by atoms with Crippen LogP contribution in [0.5, 0.6) is 0 Å². The summed E-state index contributed by atoms with van der Waals surface area (Å²) in [5, 5.41) is 0. The van der Waals surface area contributed by atoms with Crippen molar-refractivity contribution < 1.29 is 44.0 Å². The second-order valence-corrected chi connectivity index (χ2v) is 3.87. The zero-order valence-electron chi connectivity index (χ0n) is 6.46. The van der Waals surface area contributed by atoms with E-state index in [-0.39, 0.29) is 44.0 Å². The van der Waals surface area contributed by atoms with E-state index in [9.17, 15) is 0 Å². The molecule has 0 aliphatic rings. The Hall–Kier alpha value is -0.286. The van der Waals surface area contributed by atoms with E-state index in [4.69, 9.17) is 0 Å². The van der Waals surface area contributed by atoms with Gasteiger partial charge in [0.1, 0.15) is 0 Å². The zero-order chi connectivity index (χ0) is 7.52. The van der Waals surface area contributed by atoms with Gasteiger partial charge in [0.05, 0.1) is 0 Å². The summed E-state index contributed by atoms with van der Waals surface area (Å²) in [4.78, 5) is 14.4. The van der Waals surface area contributed by atoms with E-state index >= 15 is 0 Å². The fourth-order valence-corrected chi connectivity index (χ4v) is 2.05. The standard InChI is InChI=1S/2C3H3N2.2ClH.Ti/c2*1-2-5-3-4-1;;;/h2*1-2H,(H,4,5);2*1H;/q;;;;+2/p-2. The molecule has 13 heavy (non-hydrogen) atoms. The van der Waals surface area contributed by atoms with Gasteiger partial charge in [0, 0.05) is 0 Å². The van der Waals surface area contributed by atoms with E-state index < -0.39 is 0 Å². The van der Waals surface area contributed by atoms with E-state index in [1.54, 1.807) is 12.4 Å². The molecule has 0 spiro atoms. The summed E-state index contributed by atoms with van der Waals surface area (Å²) in [5.74, 6) is 0. The van der Waals surface area contributed by atoms with Crippen LogP contribution in [0.25, 0.3) is 0 Å². The normalized spacial score (nSPS) is 8.00. The fourth-order valence-electron chi connectivity index (χ4n) is 0.779. The Balaban J connectivity index is 0.000000720. The predicted octanol–water partition coefficient (Wildman–Crippen LogP) is -6.83. The monoisotopic (exact) mass is 252 g/mol. The van der Waals surface area contributed by atoms with Gasteiger partial charge in [-0.25, -0.2) is 0 Å². The SMILES string of the molecule is [Cl-].[Cl-].c1c[nH][c]([Ti+2][c]2ncc[nH]2)n1. The molecule has 0 bridgehead atoms. The van der Waals surface area contributed by atoms with Crippen molar-refractivity contribution in [1.82, 2.24) is 19.9 Å². The molecule has 2 N–H and O–H groups in total. The maximum absolute atomic E-state index is 4.13. The third-order valence-electron chi connectivity index (χ3n) is 1.23. The van der Waals surface area contributed by atoms with Crippen molar-refractivity contribution in [3.8, 4) is 0 Å². The first-order valence-corrected chi connectivity index (χ1v) is 4.77. The van der Waals surface area contributed by atoms with Gasteiger partial charge in [0.15, 0.2) is 0 Å². The Morgan fingerprint density at radius 2 is 1.38 bits per heavy atom. The number of H-pyrrole nitrogens is 2. The molecule has 0 aliphatic carbocycles. The van der Waals surface area contributed by atoms with Crippen LogP contribution in [0.4, 0.5) is 0 Å². The Morgan fingerprint density at radius 3 is 1.69 bits per heavy atom. The van der Waals surface area contributed by atoms with Gasteiger partial charge in [-0.15, -0.1) is 0 Å². The van der Waals surface area contributed by atoms with Crippen LogP contribution < -0.4 is 33.1 Å². The molecule has 0 aromatic carbocycles. The molecule has 0 radical (unpaired) electrons. The molecule has 0 saturated heterocycles. The third kappa shape index (κ3) is 3.52. The number of rotatable bonds is 2. The van der Waals surface area contributed by atoms with Gasteiger partial charge >= 0.3 is 72.1 Å². The number of aromatic amines is 2. The summed E-state index contributed by atoms with van der Waals surface area (Å²) in [6.45, 7) is 0. The minimum atomic E-state index is -0.361. The molecule has 7 heteroatoms. The molecule has 0 saturated carbocycles. The first-order valence-electron chi connectivity index (χ1n) is 3.21. The first kappa shape index (κ1) is 12.7. The van der Waals surface area contributed by atoms with Crippen molar-refractivity contribution in [2.75, 3.05) is 0 Å². The van der Waals surface area contributed by atoms with Gasteiger partial charge in [-0.05, 0) is 0 Å². The van der Waals surface area contributed by atoms with E-state index in [1.807, 2.05) is 12.4 Å². The minimum absolute atomic E-state index is 0. The number of halogens is 2. The van der Waals surface area contributed by atoms with Crippen molar-refractivity contribution in [2.24, 2.45) is 0 Å². The summed E-state index contributed by atoms with van der Waals surface area (Å²) in [6, 6.07) is 0. The second kappa shape index (κ2) is 6.21. The van der Waals surface area contributed by atoms with Crippen LogP contribution in [0.2, 0.25) is 0 Å². The van der Waals surface area contributed by atoms with E-state index in [0.717, 1.165) is 8.26 Å². The van der Waals surface area contributed by atoms with Crippen LogP contribution >= 0.6 is 0 Å². The Kier molecular flexibility index (Phi) is 6.07.